The molecule has 5 N–H and O–H groups in total. The van der Waals surface area contributed by atoms with Crippen LogP contribution in [0.5, 0.6) is 0 Å². The second-order valence-electron chi connectivity index (χ2n) is 9.01. The third kappa shape index (κ3) is 15.1. The molecule has 170 valence electrons. The van der Waals surface area contributed by atoms with Crippen molar-refractivity contribution in [2.24, 2.45) is 17.6 Å². The number of nitrogens with two attached hydrogens (primary N) is 2. The van der Waals surface area contributed by atoms with Crippen LogP contribution in [0, 0.1) is 11.8 Å². The summed E-state index contributed by atoms with van der Waals surface area (Å²) in [5.74, 6) is 2.14. The van der Waals surface area contributed by atoms with E-state index in [1.54, 1.807) is 0 Å². The van der Waals surface area contributed by atoms with E-state index in [2.05, 4.69) is 94.7 Å². The van der Waals surface area contributed by atoms with Crippen LogP contribution in [0.25, 0.3) is 0 Å². The van der Waals surface area contributed by atoms with E-state index in [9.17, 15) is 0 Å². The van der Waals surface area contributed by atoms with Crippen LogP contribution in [-0.2, 0) is 13.0 Å². The van der Waals surface area contributed by atoms with Gasteiger partial charge >= 0.3 is 0 Å². The Hall–Kier alpha value is -1.84. The van der Waals surface area contributed by atoms with Crippen molar-refractivity contribution in [1.82, 2.24) is 5.32 Å². The molecular weight excluding hydrogens is 366 g/mol. The number of benzene rings is 2. The van der Waals surface area contributed by atoms with Gasteiger partial charge < -0.3 is 16.8 Å². The van der Waals surface area contributed by atoms with Crippen LogP contribution in [0.1, 0.15) is 77.0 Å². The molecule has 0 aliphatic rings. The fourth-order valence-electron chi connectivity index (χ4n) is 2.82. The molecule has 0 radical (unpaired) electrons. The molecule has 0 atom stereocenters. The summed E-state index contributed by atoms with van der Waals surface area (Å²) in [6.07, 6.45) is 3.77. The van der Waals surface area contributed by atoms with Crippen LogP contribution in [0.15, 0.2) is 48.5 Å². The summed E-state index contributed by atoms with van der Waals surface area (Å²) >= 11 is 0. The highest BCUT2D eigenvalue weighted by Crippen LogP contribution is 2.14. The summed E-state index contributed by atoms with van der Waals surface area (Å²) in [5, 5.41) is 3.12. The maximum absolute atomic E-state index is 6.91. The van der Waals surface area contributed by atoms with Crippen LogP contribution in [-0.4, -0.2) is 13.6 Å². The zero-order valence-corrected chi connectivity index (χ0v) is 20.4. The number of rotatable bonds is 10. The van der Waals surface area contributed by atoms with Gasteiger partial charge in [-0.25, -0.2) is 0 Å². The van der Waals surface area contributed by atoms with Crippen LogP contribution in [0.2, 0.25) is 2.82 Å². The molecule has 0 fully saturated rings. The molecule has 2 rings (SSSR count). The predicted octanol–water partition coefficient (Wildman–Crippen LogP) is 6.38. The van der Waals surface area contributed by atoms with Crippen molar-refractivity contribution in [3.63, 3.8) is 0 Å². The molecule has 0 unspecified atom stereocenters. The Labute approximate surface area is 189 Å². The highest BCUT2D eigenvalue weighted by atomic mass is 14.8. The normalized spacial score (nSPS) is 11.3. The standard InChI is InChI=1S/2C10H15N.C7H17N/c1-8(2)10-5-3-9(7-11)4-6-10;1-8(2)7-9-3-5-10(11)6-4-9;1-7(2)5-4-6-8-3/h2*3-6,8H,7,11H2,1-2H3;7-8H,4-6H2,1-3H3/i/hT2. The lowest BCUT2D eigenvalue weighted by Gasteiger charge is -2.04. The molecule has 0 aliphatic carbocycles. The van der Waals surface area contributed by atoms with Gasteiger partial charge in [-0.1, -0.05) is 77.9 Å². The molecule has 0 heterocycles. The third-order valence-corrected chi connectivity index (χ3v) is 4.66. The van der Waals surface area contributed by atoms with E-state index in [1.165, 1.54) is 24.0 Å². The Balaban J connectivity index is 0.000000462. The number of nitrogens with one attached hydrogen (secondary N) is 1. The van der Waals surface area contributed by atoms with Crippen LogP contribution < -0.4 is 16.8 Å². The van der Waals surface area contributed by atoms with Crippen molar-refractivity contribution in [3.05, 3.63) is 65.2 Å². The first-order chi connectivity index (χ1) is 15.2. The van der Waals surface area contributed by atoms with Crippen LogP contribution >= 0.6 is 0 Å². The first kappa shape index (κ1) is 24.4. The Morgan fingerprint density at radius 1 is 0.833 bits per heavy atom. The molecule has 0 spiro atoms. The van der Waals surface area contributed by atoms with Gasteiger partial charge in [-0.3, -0.25) is 0 Å². The molecule has 30 heavy (non-hydrogen) atoms. The molecule has 3 nitrogen and oxygen atoms in total. The second-order valence-corrected chi connectivity index (χ2v) is 9.01. The number of hydrogen-bond donors (Lipinski definition) is 3. The first-order valence-corrected chi connectivity index (χ1v) is 11.4. The van der Waals surface area contributed by atoms with Gasteiger partial charge in [-0.15, -0.1) is 0 Å². The van der Waals surface area contributed by atoms with Crippen molar-refractivity contribution < 1.29 is 2.82 Å². The molecule has 0 amide bonds. The van der Waals surface area contributed by atoms with Gasteiger partial charge in [0.1, 0.15) is 1.41 Å². The van der Waals surface area contributed by atoms with E-state index in [0.29, 0.717) is 18.4 Å². The summed E-state index contributed by atoms with van der Waals surface area (Å²) in [4.78, 5) is 0. The number of hydrogen-bond acceptors (Lipinski definition) is 3. The van der Waals surface area contributed by atoms with E-state index >= 15 is 0 Å². The van der Waals surface area contributed by atoms with E-state index < -0.39 is 0 Å². The highest BCUT2D eigenvalue weighted by molar-refractivity contribution is 5.39. The smallest absolute Gasteiger partial charge is 0.156 e. The minimum atomic E-state index is 0.586. The molecule has 2 aromatic rings. The van der Waals surface area contributed by atoms with Crippen molar-refractivity contribution >= 4 is 5.69 Å². The second kappa shape index (κ2) is 16.9. The lowest BCUT2D eigenvalue weighted by atomic mass is 10.0. The molecule has 0 bridgehead atoms. The minimum absolute atomic E-state index is 0.586. The van der Waals surface area contributed by atoms with Crippen molar-refractivity contribution in [2.45, 2.75) is 73.3 Å². The molecule has 0 saturated carbocycles. The van der Waals surface area contributed by atoms with Gasteiger partial charge in [0.2, 0.25) is 0 Å². The molecule has 0 aliphatic heterocycles. The van der Waals surface area contributed by atoms with Crippen molar-refractivity contribution in [2.75, 3.05) is 19.3 Å². The lowest BCUT2D eigenvalue weighted by molar-refractivity contribution is 0.543. The quantitative estimate of drug-likeness (QED) is 0.310. The number of nitrogen functional groups attached to an aromatic ring is 1. The molecular formula is C27H47N3. The fourth-order valence-corrected chi connectivity index (χ4v) is 2.82. The van der Waals surface area contributed by atoms with Crippen molar-refractivity contribution in [3.8, 4) is 0 Å². The zero-order chi connectivity index (χ0) is 24.4. The number of anilines is 1. The summed E-state index contributed by atoms with van der Waals surface area (Å²) in [6, 6.07) is 16.4. The Morgan fingerprint density at radius 2 is 1.43 bits per heavy atom. The van der Waals surface area contributed by atoms with Crippen LogP contribution in [0.4, 0.5) is 5.69 Å². The van der Waals surface area contributed by atoms with Gasteiger partial charge in [0.25, 0.3) is 0 Å². The van der Waals surface area contributed by atoms with Gasteiger partial charge in [0.05, 0.1) is 0 Å². The third-order valence-electron chi connectivity index (χ3n) is 4.66. The first-order valence-electron chi connectivity index (χ1n) is 12.4. The molecule has 0 aromatic heterocycles. The predicted molar refractivity (Wildman–Crippen MR) is 136 cm³/mol. The maximum atomic E-state index is 6.91. The molecule has 0 saturated heterocycles. The Kier molecular flexibility index (Phi) is 13.8. The van der Waals surface area contributed by atoms with E-state index in [4.69, 9.17) is 2.82 Å². The zero-order valence-electron chi connectivity index (χ0n) is 22.4. The Bertz CT molecular complexity index is 668. The van der Waals surface area contributed by atoms with Crippen LogP contribution in [0.3, 0.4) is 0 Å². The van der Waals surface area contributed by atoms with Crippen molar-refractivity contribution in [1.29, 1.82) is 0 Å². The fraction of sp³-hybridized carbons (Fsp3) is 0.556. The van der Waals surface area contributed by atoms with E-state index in [1.807, 2.05) is 19.2 Å². The monoisotopic (exact) mass is 417 g/mol. The largest absolute Gasteiger partial charge is 0.399 e. The highest BCUT2D eigenvalue weighted by Gasteiger charge is 1.97. The summed E-state index contributed by atoms with van der Waals surface area (Å²) in [6.45, 7) is 15.1. The molecule has 2 aromatic carbocycles. The van der Waals surface area contributed by atoms with Gasteiger partial charge in [-0.2, -0.15) is 0 Å². The van der Waals surface area contributed by atoms with Gasteiger partial charge in [0.15, 0.2) is 1.41 Å². The summed E-state index contributed by atoms with van der Waals surface area (Å²) in [5.41, 5.74) is 9.44. The molecule has 3 heteroatoms. The SMILES string of the molecule is CNCCCC(C)C.[3H]NCc1ccc(C(C)C)cc1.[3H]Nc1ccc(CC(C)C)cc1. The maximum Gasteiger partial charge on any atom is 0.156 e. The van der Waals surface area contributed by atoms with E-state index in [0.717, 1.165) is 30.1 Å². The minimum Gasteiger partial charge on any atom is -0.399 e. The summed E-state index contributed by atoms with van der Waals surface area (Å²) < 4.78 is 13.7. The van der Waals surface area contributed by atoms with E-state index in [-0.39, 0.29) is 0 Å². The van der Waals surface area contributed by atoms with Gasteiger partial charge in [0, 0.05) is 12.2 Å². The summed E-state index contributed by atoms with van der Waals surface area (Å²) in [7, 11) is 2.00. The topological polar surface area (TPSA) is 64.1 Å². The van der Waals surface area contributed by atoms with Gasteiger partial charge in [-0.05, 0) is 79.4 Å². The lowest BCUT2D eigenvalue weighted by Crippen LogP contribution is -2.08. The average Bonchev–Trinajstić information content (AvgIpc) is 2.75. The average molecular weight is 418 g/mol. The Morgan fingerprint density at radius 3 is 1.87 bits per heavy atom.